The molecule has 0 aliphatic rings. The minimum absolute atomic E-state index is 0.225. The van der Waals surface area contributed by atoms with Crippen molar-refractivity contribution in [1.29, 1.82) is 0 Å². The van der Waals surface area contributed by atoms with Crippen LogP contribution < -0.4 is 11.2 Å². The number of halogens is 3. The molecule has 0 atom stereocenters. The summed E-state index contributed by atoms with van der Waals surface area (Å²) in [4.78, 5) is 28.7. The van der Waals surface area contributed by atoms with Crippen LogP contribution in [0.5, 0.6) is 0 Å². The first-order chi connectivity index (χ1) is 10.8. The lowest BCUT2D eigenvalue weighted by Gasteiger charge is -2.09. The van der Waals surface area contributed by atoms with Crippen LogP contribution in [-0.4, -0.2) is 18.7 Å². The second-order valence-corrected chi connectivity index (χ2v) is 6.64. The molecule has 0 unspecified atom stereocenters. The van der Waals surface area contributed by atoms with Crippen molar-refractivity contribution < 1.29 is 4.39 Å². The minimum Gasteiger partial charge on any atom is -0.308 e. The third-order valence-corrected chi connectivity index (χ3v) is 5.02. The molecule has 0 amide bonds. The summed E-state index contributed by atoms with van der Waals surface area (Å²) in [5.41, 5.74) is 0.302. The summed E-state index contributed by atoms with van der Waals surface area (Å²) >= 11 is 6.68. The summed E-state index contributed by atoms with van der Waals surface area (Å²) in [6, 6.07) is 4.33. The topological polar surface area (TPSA) is 61.8 Å². The summed E-state index contributed by atoms with van der Waals surface area (Å²) in [5.74, 6) is -0.371. The van der Waals surface area contributed by atoms with Crippen LogP contribution in [0.4, 0.5) is 4.39 Å². The quantitative estimate of drug-likeness (QED) is 0.568. The van der Waals surface area contributed by atoms with Crippen molar-refractivity contribution in [1.82, 2.24) is 18.7 Å². The van der Waals surface area contributed by atoms with Crippen molar-refractivity contribution >= 4 is 43.0 Å². The third-order valence-electron chi connectivity index (χ3n) is 3.64. The molecule has 0 aliphatic carbocycles. The molecule has 3 aromatic rings. The predicted octanol–water partition coefficient (Wildman–Crippen LogP) is 2.15. The Labute approximate surface area is 146 Å². The van der Waals surface area contributed by atoms with Gasteiger partial charge < -0.3 is 4.57 Å². The van der Waals surface area contributed by atoms with Gasteiger partial charge in [0.15, 0.2) is 15.9 Å². The number of hydrogen-bond acceptors (Lipinski definition) is 3. The lowest BCUT2D eigenvalue weighted by atomic mass is 10.2. The number of benzene rings is 1. The number of hydrogen-bond donors (Lipinski definition) is 0. The Morgan fingerprint density at radius 2 is 1.87 bits per heavy atom. The number of fused-ring (bicyclic) bond motifs is 1. The standard InChI is InChI=1S/C14H11Br2FN4O2/c1-19-11-10(12(22)20(2)14(19)23)21(13(16)18-11)6-7-5-8(17)3-4-9(7)15/h3-5H,6H2,1-2H3. The van der Waals surface area contributed by atoms with E-state index in [1.54, 1.807) is 17.7 Å². The Hall–Kier alpha value is -1.74. The monoisotopic (exact) mass is 444 g/mol. The lowest BCUT2D eigenvalue weighted by Crippen LogP contribution is -2.37. The molecule has 0 N–H and O–H groups in total. The van der Waals surface area contributed by atoms with Gasteiger partial charge in [-0.05, 0) is 39.7 Å². The maximum absolute atomic E-state index is 13.5. The first-order valence-electron chi connectivity index (χ1n) is 6.57. The zero-order chi connectivity index (χ0) is 16.9. The Bertz CT molecular complexity index is 1050. The van der Waals surface area contributed by atoms with Gasteiger partial charge in [0.05, 0.1) is 6.54 Å². The molecule has 2 aromatic heterocycles. The zero-order valence-corrected chi connectivity index (χ0v) is 15.4. The molecule has 6 nitrogen and oxygen atoms in total. The second kappa shape index (κ2) is 5.72. The van der Waals surface area contributed by atoms with Gasteiger partial charge in [0.1, 0.15) is 5.82 Å². The van der Waals surface area contributed by atoms with E-state index >= 15 is 0 Å². The van der Waals surface area contributed by atoms with Crippen molar-refractivity contribution in [2.75, 3.05) is 0 Å². The molecule has 120 valence electrons. The van der Waals surface area contributed by atoms with Crippen LogP contribution >= 0.6 is 31.9 Å². The van der Waals surface area contributed by atoms with E-state index in [9.17, 15) is 14.0 Å². The molecular formula is C14H11Br2FN4O2. The number of imidazole rings is 1. The van der Waals surface area contributed by atoms with E-state index in [-0.39, 0.29) is 23.5 Å². The molecule has 9 heteroatoms. The van der Waals surface area contributed by atoms with Crippen LogP contribution in [0.25, 0.3) is 11.2 Å². The zero-order valence-electron chi connectivity index (χ0n) is 12.2. The van der Waals surface area contributed by atoms with Gasteiger partial charge in [-0.2, -0.15) is 0 Å². The van der Waals surface area contributed by atoms with Gasteiger partial charge in [0.25, 0.3) is 5.56 Å². The van der Waals surface area contributed by atoms with Crippen molar-refractivity contribution in [2.45, 2.75) is 6.54 Å². The highest BCUT2D eigenvalue weighted by atomic mass is 79.9. The Kier molecular flexibility index (Phi) is 4.01. The summed E-state index contributed by atoms with van der Waals surface area (Å²) in [5, 5.41) is 0. The van der Waals surface area contributed by atoms with Crippen molar-refractivity contribution in [3.05, 3.63) is 59.6 Å². The van der Waals surface area contributed by atoms with Crippen molar-refractivity contribution in [2.24, 2.45) is 14.1 Å². The second-order valence-electron chi connectivity index (χ2n) is 5.08. The van der Waals surface area contributed by atoms with Gasteiger partial charge >= 0.3 is 5.69 Å². The molecule has 0 aliphatic heterocycles. The SMILES string of the molecule is Cn1c(=O)c2c(nc(Br)n2Cc2cc(F)ccc2Br)n(C)c1=O. The van der Waals surface area contributed by atoms with E-state index in [0.717, 1.165) is 4.57 Å². The van der Waals surface area contributed by atoms with Crippen LogP contribution in [0.3, 0.4) is 0 Å². The van der Waals surface area contributed by atoms with Crippen LogP contribution in [-0.2, 0) is 20.6 Å². The third kappa shape index (κ3) is 2.57. The predicted molar refractivity (Wildman–Crippen MR) is 91.1 cm³/mol. The first-order valence-corrected chi connectivity index (χ1v) is 8.15. The number of rotatable bonds is 2. The fourth-order valence-corrected chi connectivity index (χ4v) is 3.24. The summed E-state index contributed by atoms with van der Waals surface area (Å²) in [7, 11) is 2.96. The maximum Gasteiger partial charge on any atom is 0.332 e. The van der Waals surface area contributed by atoms with Crippen molar-refractivity contribution in [3.8, 4) is 0 Å². The number of aromatic nitrogens is 4. The van der Waals surface area contributed by atoms with Crippen LogP contribution in [0.1, 0.15) is 5.56 Å². The molecule has 0 saturated carbocycles. The van der Waals surface area contributed by atoms with Gasteiger partial charge in [-0.1, -0.05) is 15.9 Å². The Morgan fingerprint density at radius 3 is 2.57 bits per heavy atom. The molecule has 0 saturated heterocycles. The highest BCUT2D eigenvalue weighted by Crippen LogP contribution is 2.23. The van der Waals surface area contributed by atoms with E-state index < -0.39 is 11.2 Å². The summed E-state index contributed by atoms with van der Waals surface area (Å²) < 4.78 is 18.5. The fraction of sp³-hybridized carbons (Fsp3) is 0.214. The molecule has 1 aromatic carbocycles. The van der Waals surface area contributed by atoms with Crippen LogP contribution in [0.2, 0.25) is 0 Å². The molecule has 0 bridgehead atoms. The van der Waals surface area contributed by atoms with Crippen molar-refractivity contribution in [3.63, 3.8) is 0 Å². The van der Waals surface area contributed by atoms with E-state index in [0.29, 0.717) is 14.8 Å². The number of aryl methyl sites for hydroxylation is 1. The highest BCUT2D eigenvalue weighted by molar-refractivity contribution is 9.10. The molecule has 2 heterocycles. The van der Waals surface area contributed by atoms with E-state index in [2.05, 4.69) is 36.8 Å². The summed E-state index contributed by atoms with van der Waals surface area (Å²) in [6.07, 6.45) is 0. The van der Waals surface area contributed by atoms with Gasteiger partial charge in [-0.25, -0.2) is 14.2 Å². The van der Waals surface area contributed by atoms with Gasteiger partial charge in [0, 0.05) is 18.6 Å². The average Bonchev–Trinajstić information content (AvgIpc) is 2.84. The smallest absolute Gasteiger partial charge is 0.308 e. The average molecular weight is 446 g/mol. The molecule has 0 fully saturated rings. The molecule has 0 radical (unpaired) electrons. The molecule has 0 spiro atoms. The van der Waals surface area contributed by atoms with Crippen LogP contribution in [0, 0.1) is 5.82 Å². The number of nitrogens with zero attached hydrogens (tertiary/aromatic N) is 4. The van der Waals surface area contributed by atoms with Gasteiger partial charge in [-0.15, -0.1) is 0 Å². The normalized spacial score (nSPS) is 11.3. The summed E-state index contributed by atoms with van der Waals surface area (Å²) in [6.45, 7) is 0.225. The van der Waals surface area contributed by atoms with E-state index in [4.69, 9.17) is 0 Å². The maximum atomic E-state index is 13.5. The van der Waals surface area contributed by atoms with E-state index in [1.807, 2.05) is 0 Å². The lowest BCUT2D eigenvalue weighted by molar-refractivity contribution is 0.623. The Balaban J connectivity index is 2.31. The Morgan fingerprint density at radius 1 is 1.17 bits per heavy atom. The van der Waals surface area contributed by atoms with E-state index in [1.165, 1.54) is 23.7 Å². The molecule has 3 rings (SSSR count). The first kappa shape index (κ1) is 16.1. The van der Waals surface area contributed by atoms with Gasteiger partial charge in [0.2, 0.25) is 0 Å². The van der Waals surface area contributed by atoms with Crippen LogP contribution in [0.15, 0.2) is 37.0 Å². The van der Waals surface area contributed by atoms with Gasteiger partial charge in [-0.3, -0.25) is 13.9 Å². The molecule has 23 heavy (non-hydrogen) atoms. The fourth-order valence-electron chi connectivity index (χ4n) is 2.40. The minimum atomic E-state index is -0.452. The largest absolute Gasteiger partial charge is 0.332 e. The highest BCUT2D eigenvalue weighted by Gasteiger charge is 2.18. The molecular weight excluding hydrogens is 435 g/mol.